The van der Waals surface area contributed by atoms with Crippen LogP contribution < -0.4 is 0 Å². The number of furan rings is 1. The third-order valence-electron chi connectivity index (χ3n) is 12.1. The van der Waals surface area contributed by atoms with E-state index in [-0.39, 0.29) is 0 Å². The first-order valence-electron chi connectivity index (χ1n) is 19.8. The van der Waals surface area contributed by atoms with Crippen LogP contribution in [0.15, 0.2) is 199 Å². The molecule has 4 aromatic heterocycles. The maximum Gasteiger partial charge on any atom is 0.143 e. The number of para-hydroxylation sites is 5. The van der Waals surface area contributed by atoms with E-state index in [4.69, 9.17) is 4.42 Å². The standard InChI is InChI=1S/C54H32N2OS/c1-2-14-34(15-3-1)55-47-24-9-5-19-42(47)52-36(20-13-25-49(52)55)33-28-29-48-43(30-33)37-16-4-8-23-46(37)56(48)35-31-44-39-18-7-11-27-51(39)58-54(44)45(32-35)41-22-12-21-40-38-17-6-10-26-50(38)57-53(40)41/h1-32H. The molecule has 3 nitrogen and oxygen atoms in total. The summed E-state index contributed by atoms with van der Waals surface area (Å²) in [7, 11) is 0. The average molecular weight is 757 g/mol. The smallest absolute Gasteiger partial charge is 0.143 e. The van der Waals surface area contributed by atoms with Crippen molar-refractivity contribution in [2.45, 2.75) is 0 Å². The van der Waals surface area contributed by atoms with Crippen molar-refractivity contribution in [3.63, 3.8) is 0 Å². The molecule has 0 amide bonds. The predicted octanol–water partition coefficient (Wildman–Crippen LogP) is 15.5. The molecule has 0 N–H and O–H groups in total. The van der Waals surface area contributed by atoms with Gasteiger partial charge in [0.25, 0.3) is 0 Å². The van der Waals surface area contributed by atoms with Crippen LogP contribution in [0, 0.1) is 0 Å². The summed E-state index contributed by atoms with van der Waals surface area (Å²) in [5.41, 5.74) is 13.6. The second-order valence-corrected chi connectivity index (χ2v) is 16.3. The summed E-state index contributed by atoms with van der Waals surface area (Å²) in [4.78, 5) is 0. The zero-order chi connectivity index (χ0) is 37.9. The van der Waals surface area contributed by atoms with Crippen molar-refractivity contribution in [2.75, 3.05) is 0 Å². The Morgan fingerprint density at radius 3 is 1.88 bits per heavy atom. The fraction of sp³-hybridized carbons (Fsp3) is 0. The molecule has 0 spiro atoms. The van der Waals surface area contributed by atoms with Gasteiger partial charge in [-0.15, -0.1) is 11.3 Å². The Labute approximate surface area is 336 Å². The molecule has 0 unspecified atom stereocenters. The van der Waals surface area contributed by atoms with Crippen LogP contribution in [-0.4, -0.2) is 9.13 Å². The van der Waals surface area contributed by atoms with Gasteiger partial charge in [0, 0.05) is 75.0 Å². The number of rotatable bonds is 4. The minimum atomic E-state index is 0.909. The van der Waals surface area contributed by atoms with Gasteiger partial charge in [-0.25, -0.2) is 0 Å². The van der Waals surface area contributed by atoms with Crippen LogP contribution in [0.4, 0.5) is 0 Å². The molecular formula is C54H32N2OS. The van der Waals surface area contributed by atoms with E-state index in [1.54, 1.807) is 0 Å². The van der Waals surface area contributed by atoms with E-state index in [1.807, 2.05) is 17.4 Å². The molecule has 0 saturated heterocycles. The number of aromatic nitrogens is 2. The minimum absolute atomic E-state index is 0.909. The number of fused-ring (bicyclic) bond motifs is 12. The fourth-order valence-corrected chi connectivity index (χ4v) is 10.8. The summed E-state index contributed by atoms with van der Waals surface area (Å²) in [6.07, 6.45) is 0. The largest absolute Gasteiger partial charge is 0.455 e. The fourth-order valence-electron chi connectivity index (χ4n) is 9.63. The molecule has 0 saturated carbocycles. The molecule has 0 atom stereocenters. The number of nitrogens with zero attached hydrogens (tertiary/aromatic N) is 2. The maximum atomic E-state index is 6.67. The van der Waals surface area contributed by atoms with E-state index >= 15 is 0 Å². The van der Waals surface area contributed by atoms with Gasteiger partial charge < -0.3 is 13.6 Å². The predicted molar refractivity (Wildman–Crippen MR) is 246 cm³/mol. The second kappa shape index (κ2) is 12.1. The molecular weight excluding hydrogens is 725 g/mol. The Bertz CT molecular complexity index is 3800. The van der Waals surface area contributed by atoms with Crippen LogP contribution in [0.25, 0.3) is 119 Å². The van der Waals surface area contributed by atoms with Gasteiger partial charge in [0.05, 0.1) is 22.1 Å². The molecule has 13 aromatic rings. The lowest BCUT2D eigenvalue weighted by molar-refractivity contribution is 0.670. The highest BCUT2D eigenvalue weighted by molar-refractivity contribution is 7.26. The highest BCUT2D eigenvalue weighted by Gasteiger charge is 2.22. The number of hydrogen-bond donors (Lipinski definition) is 0. The molecule has 13 rings (SSSR count). The van der Waals surface area contributed by atoms with E-state index in [0.29, 0.717) is 0 Å². The summed E-state index contributed by atoms with van der Waals surface area (Å²) in [5, 5.41) is 9.79. The Balaban J connectivity index is 1.08. The third kappa shape index (κ3) is 4.43. The van der Waals surface area contributed by atoms with E-state index in [1.165, 1.54) is 80.5 Å². The third-order valence-corrected chi connectivity index (χ3v) is 13.3. The quantitative estimate of drug-likeness (QED) is 0.175. The van der Waals surface area contributed by atoms with Crippen molar-refractivity contribution in [3.8, 4) is 33.6 Å². The summed E-state index contributed by atoms with van der Waals surface area (Å²) in [6.45, 7) is 0. The first kappa shape index (κ1) is 31.8. The molecule has 58 heavy (non-hydrogen) atoms. The van der Waals surface area contributed by atoms with Crippen molar-refractivity contribution in [1.82, 2.24) is 9.13 Å². The van der Waals surface area contributed by atoms with Crippen LogP contribution >= 0.6 is 11.3 Å². The van der Waals surface area contributed by atoms with Gasteiger partial charge >= 0.3 is 0 Å². The molecule has 4 heteroatoms. The molecule has 270 valence electrons. The highest BCUT2D eigenvalue weighted by Crippen LogP contribution is 2.46. The van der Waals surface area contributed by atoms with Crippen molar-refractivity contribution in [1.29, 1.82) is 0 Å². The average Bonchev–Trinajstić information content (AvgIpc) is 4.04. The Kier molecular flexibility index (Phi) is 6.60. The van der Waals surface area contributed by atoms with Crippen molar-refractivity contribution in [3.05, 3.63) is 194 Å². The van der Waals surface area contributed by atoms with Gasteiger partial charge in [-0.2, -0.15) is 0 Å². The molecule has 9 aromatic carbocycles. The first-order chi connectivity index (χ1) is 28.8. The lowest BCUT2D eigenvalue weighted by atomic mass is 9.97. The van der Waals surface area contributed by atoms with Crippen LogP contribution in [0.5, 0.6) is 0 Å². The molecule has 0 aliphatic heterocycles. The summed E-state index contributed by atoms with van der Waals surface area (Å²) in [6, 6.07) is 70.7. The SMILES string of the molecule is c1ccc(-n2c3ccccc3c3c(-c4ccc5c(c4)c4ccccc4n5-c4cc(-c5cccc6c5oc5ccccc56)c5sc6ccccc6c5c4)cccc32)cc1. The highest BCUT2D eigenvalue weighted by atomic mass is 32.1. The number of benzene rings is 9. The van der Waals surface area contributed by atoms with E-state index in [9.17, 15) is 0 Å². The van der Waals surface area contributed by atoms with E-state index < -0.39 is 0 Å². The van der Waals surface area contributed by atoms with Gasteiger partial charge in [-0.05, 0) is 77.9 Å². The number of thiophene rings is 1. The van der Waals surface area contributed by atoms with Crippen LogP contribution in [0.1, 0.15) is 0 Å². The lowest BCUT2D eigenvalue weighted by Crippen LogP contribution is -1.95. The van der Waals surface area contributed by atoms with Crippen molar-refractivity contribution < 1.29 is 4.42 Å². The van der Waals surface area contributed by atoms with Crippen molar-refractivity contribution in [2.24, 2.45) is 0 Å². The van der Waals surface area contributed by atoms with Gasteiger partial charge in [-0.3, -0.25) is 0 Å². The number of hydrogen-bond acceptors (Lipinski definition) is 2. The zero-order valence-electron chi connectivity index (χ0n) is 31.2. The Morgan fingerprint density at radius 1 is 0.362 bits per heavy atom. The second-order valence-electron chi connectivity index (χ2n) is 15.2. The van der Waals surface area contributed by atoms with Crippen molar-refractivity contribution >= 4 is 97.1 Å². The van der Waals surface area contributed by atoms with Gasteiger partial charge in [0.2, 0.25) is 0 Å². The lowest BCUT2D eigenvalue weighted by Gasteiger charge is -2.13. The van der Waals surface area contributed by atoms with Crippen LogP contribution in [0.3, 0.4) is 0 Å². The van der Waals surface area contributed by atoms with Gasteiger partial charge in [0.15, 0.2) is 0 Å². The van der Waals surface area contributed by atoms with Gasteiger partial charge in [-0.1, -0.05) is 127 Å². The Hall–Kier alpha value is -7.40. The molecule has 0 radical (unpaired) electrons. The monoisotopic (exact) mass is 756 g/mol. The molecule has 0 bridgehead atoms. The molecule has 0 fully saturated rings. The van der Waals surface area contributed by atoms with Crippen LogP contribution in [0.2, 0.25) is 0 Å². The van der Waals surface area contributed by atoms with E-state index in [0.717, 1.165) is 38.9 Å². The molecule has 0 aliphatic rings. The molecule has 0 aliphatic carbocycles. The topological polar surface area (TPSA) is 23.0 Å². The summed E-state index contributed by atoms with van der Waals surface area (Å²) < 4.78 is 14.1. The Morgan fingerprint density at radius 2 is 1.00 bits per heavy atom. The summed E-state index contributed by atoms with van der Waals surface area (Å²) in [5.74, 6) is 0. The maximum absolute atomic E-state index is 6.67. The molecule has 4 heterocycles. The first-order valence-corrected chi connectivity index (χ1v) is 20.6. The van der Waals surface area contributed by atoms with Gasteiger partial charge in [0.1, 0.15) is 11.2 Å². The zero-order valence-corrected chi connectivity index (χ0v) is 32.0. The normalized spacial score (nSPS) is 12.1. The summed E-state index contributed by atoms with van der Waals surface area (Å²) >= 11 is 1.86. The minimum Gasteiger partial charge on any atom is -0.455 e. The van der Waals surface area contributed by atoms with Crippen LogP contribution in [-0.2, 0) is 0 Å². The van der Waals surface area contributed by atoms with E-state index in [2.05, 4.69) is 197 Å².